The summed E-state index contributed by atoms with van der Waals surface area (Å²) >= 11 is 0. The van der Waals surface area contributed by atoms with Gasteiger partial charge >= 0.3 is 5.97 Å². The van der Waals surface area contributed by atoms with Crippen LogP contribution in [0.1, 0.15) is 16.1 Å². The number of carbonyl (C=O) groups is 2. The Morgan fingerprint density at radius 2 is 1.90 bits per heavy atom. The zero-order chi connectivity index (χ0) is 20.4. The number of methoxy groups -OCH3 is 1. The van der Waals surface area contributed by atoms with Gasteiger partial charge in [-0.3, -0.25) is 4.79 Å². The molecular formula is C21H16N4O4. The summed E-state index contributed by atoms with van der Waals surface area (Å²) in [6.45, 7) is 0. The second-order valence-corrected chi connectivity index (χ2v) is 6.20. The van der Waals surface area contributed by atoms with Crippen LogP contribution in [0.15, 0.2) is 60.7 Å². The minimum atomic E-state index is -1.11. The first-order valence-corrected chi connectivity index (χ1v) is 8.70. The third-order valence-corrected chi connectivity index (χ3v) is 4.42. The van der Waals surface area contributed by atoms with Crippen molar-refractivity contribution in [2.45, 2.75) is 0 Å². The van der Waals surface area contributed by atoms with E-state index >= 15 is 0 Å². The molecule has 0 aliphatic carbocycles. The van der Waals surface area contributed by atoms with Crippen molar-refractivity contribution in [3.63, 3.8) is 0 Å². The molecule has 4 aromatic rings. The van der Waals surface area contributed by atoms with E-state index < -0.39 is 11.9 Å². The number of rotatable bonds is 5. The van der Waals surface area contributed by atoms with E-state index in [1.165, 1.54) is 24.3 Å². The molecule has 0 spiro atoms. The number of hydrogen-bond acceptors (Lipinski definition) is 5. The lowest BCUT2D eigenvalue weighted by atomic mass is 10.1. The summed E-state index contributed by atoms with van der Waals surface area (Å²) in [6, 6.07) is 15.6. The summed E-state index contributed by atoms with van der Waals surface area (Å²) in [5, 5.41) is 21.0. The molecular weight excluding hydrogens is 372 g/mol. The summed E-state index contributed by atoms with van der Waals surface area (Å²) < 4.78 is 6.93. The van der Waals surface area contributed by atoms with Crippen molar-refractivity contribution >= 4 is 40.1 Å². The predicted octanol–water partition coefficient (Wildman–Crippen LogP) is 3.24. The van der Waals surface area contributed by atoms with Crippen molar-refractivity contribution in [2.24, 2.45) is 0 Å². The molecule has 1 amide bonds. The molecule has 0 bridgehead atoms. The number of carboxylic acids is 1. The molecule has 2 aromatic heterocycles. The lowest BCUT2D eigenvalue weighted by molar-refractivity contribution is -0.111. The van der Waals surface area contributed by atoms with Crippen LogP contribution in [0.3, 0.4) is 0 Å². The number of nitrogens with one attached hydrogen (secondary N) is 1. The Kier molecular flexibility index (Phi) is 4.66. The van der Waals surface area contributed by atoms with Gasteiger partial charge in [0, 0.05) is 11.5 Å². The van der Waals surface area contributed by atoms with Gasteiger partial charge in [-0.2, -0.15) is 0 Å². The zero-order valence-electron chi connectivity index (χ0n) is 15.4. The van der Waals surface area contributed by atoms with Crippen molar-refractivity contribution in [1.82, 2.24) is 14.8 Å². The Hall–Kier alpha value is -4.20. The van der Waals surface area contributed by atoms with E-state index in [0.29, 0.717) is 5.69 Å². The van der Waals surface area contributed by atoms with E-state index in [1.54, 1.807) is 23.8 Å². The fraction of sp³-hybridized carbons (Fsp3) is 0.0476. The van der Waals surface area contributed by atoms with Crippen molar-refractivity contribution in [3.05, 3.63) is 71.9 Å². The summed E-state index contributed by atoms with van der Waals surface area (Å²) in [6.07, 6.45) is 2.83. The molecule has 2 aromatic carbocycles. The van der Waals surface area contributed by atoms with Gasteiger partial charge in [0.15, 0.2) is 0 Å². The highest BCUT2D eigenvalue weighted by atomic mass is 16.5. The first kappa shape index (κ1) is 18.2. The molecule has 0 fully saturated rings. The van der Waals surface area contributed by atoms with E-state index in [1.807, 2.05) is 30.3 Å². The number of aromatic carboxylic acids is 1. The monoisotopic (exact) mass is 388 g/mol. The number of hydrogen-bond donors (Lipinski definition) is 2. The highest BCUT2D eigenvalue weighted by Crippen LogP contribution is 2.23. The van der Waals surface area contributed by atoms with Crippen LogP contribution < -0.4 is 10.1 Å². The maximum absolute atomic E-state index is 12.2. The molecule has 144 valence electrons. The average molecular weight is 388 g/mol. The second kappa shape index (κ2) is 7.43. The van der Waals surface area contributed by atoms with Crippen molar-refractivity contribution in [1.29, 1.82) is 0 Å². The smallest absolute Gasteiger partial charge is 0.337 e. The first-order valence-electron chi connectivity index (χ1n) is 8.70. The molecule has 29 heavy (non-hydrogen) atoms. The van der Waals surface area contributed by atoms with Gasteiger partial charge in [-0.05, 0) is 42.5 Å². The summed E-state index contributed by atoms with van der Waals surface area (Å²) in [5.41, 5.74) is 2.35. The van der Waals surface area contributed by atoms with Crippen molar-refractivity contribution in [2.75, 3.05) is 12.4 Å². The van der Waals surface area contributed by atoms with E-state index in [4.69, 9.17) is 4.74 Å². The third-order valence-electron chi connectivity index (χ3n) is 4.42. The number of anilines is 1. The minimum Gasteiger partial charge on any atom is -0.497 e. The highest BCUT2D eigenvalue weighted by molar-refractivity contribution is 6.06. The Morgan fingerprint density at radius 3 is 2.69 bits per heavy atom. The molecule has 2 N–H and O–H groups in total. The molecule has 0 atom stereocenters. The SMILES string of the molecule is COc1ccc2c(ccc3c(/C=C/C(=O)Nc4ccccc4C(=O)O)nnn32)c1. The number of carboxylic acid groups (broad SMARTS) is 1. The molecule has 0 aliphatic heterocycles. The number of amides is 1. The van der Waals surface area contributed by atoms with Crippen LogP contribution in [-0.4, -0.2) is 38.9 Å². The first-order chi connectivity index (χ1) is 14.1. The molecule has 0 saturated carbocycles. The van der Waals surface area contributed by atoms with Gasteiger partial charge < -0.3 is 15.2 Å². The van der Waals surface area contributed by atoms with Crippen LogP contribution >= 0.6 is 0 Å². The highest BCUT2D eigenvalue weighted by Gasteiger charge is 2.11. The fourth-order valence-corrected chi connectivity index (χ4v) is 3.02. The molecule has 4 rings (SSSR count). The van der Waals surface area contributed by atoms with Gasteiger partial charge in [-0.25, -0.2) is 9.31 Å². The van der Waals surface area contributed by atoms with Gasteiger partial charge in [0.25, 0.3) is 0 Å². The van der Waals surface area contributed by atoms with Crippen LogP contribution in [0, 0.1) is 0 Å². The molecule has 8 heteroatoms. The van der Waals surface area contributed by atoms with Crippen molar-refractivity contribution < 1.29 is 19.4 Å². The molecule has 0 unspecified atom stereocenters. The van der Waals surface area contributed by atoms with Gasteiger partial charge in [0.05, 0.1) is 29.4 Å². The number of ether oxygens (including phenoxy) is 1. The third kappa shape index (κ3) is 3.51. The van der Waals surface area contributed by atoms with E-state index in [0.717, 1.165) is 22.2 Å². The van der Waals surface area contributed by atoms with E-state index in [2.05, 4.69) is 15.6 Å². The Labute approximate surface area is 165 Å². The van der Waals surface area contributed by atoms with Crippen molar-refractivity contribution in [3.8, 4) is 5.75 Å². The molecule has 0 saturated heterocycles. The molecule has 8 nitrogen and oxygen atoms in total. The van der Waals surface area contributed by atoms with Gasteiger partial charge in [-0.1, -0.05) is 23.4 Å². The van der Waals surface area contributed by atoms with Crippen LogP contribution in [0.2, 0.25) is 0 Å². The summed E-state index contributed by atoms with van der Waals surface area (Å²) in [4.78, 5) is 23.5. The quantitative estimate of drug-likeness (QED) is 0.509. The number of pyridine rings is 1. The number of fused-ring (bicyclic) bond motifs is 3. The Bertz CT molecular complexity index is 1280. The zero-order valence-corrected chi connectivity index (χ0v) is 15.4. The normalized spacial score (nSPS) is 11.2. The van der Waals surface area contributed by atoms with Crippen LogP contribution in [0.5, 0.6) is 5.75 Å². The summed E-state index contributed by atoms with van der Waals surface area (Å²) in [5.74, 6) is -0.835. The topological polar surface area (TPSA) is 106 Å². The number of nitrogens with zero attached hydrogens (tertiary/aromatic N) is 3. The number of carbonyl (C=O) groups excluding carboxylic acids is 1. The minimum absolute atomic E-state index is 0.0188. The van der Waals surface area contributed by atoms with Gasteiger partial charge in [-0.15, -0.1) is 5.10 Å². The largest absolute Gasteiger partial charge is 0.497 e. The Balaban J connectivity index is 1.61. The van der Waals surface area contributed by atoms with Gasteiger partial charge in [0.2, 0.25) is 5.91 Å². The molecule has 2 heterocycles. The van der Waals surface area contributed by atoms with Crippen LogP contribution in [-0.2, 0) is 4.79 Å². The predicted molar refractivity (Wildman–Crippen MR) is 108 cm³/mol. The maximum Gasteiger partial charge on any atom is 0.337 e. The number of aromatic nitrogens is 3. The maximum atomic E-state index is 12.2. The molecule has 0 radical (unpaired) electrons. The van der Waals surface area contributed by atoms with Crippen LogP contribution in [0.25, 0.3) is 22.5 Å². The Morgan fingerprint density at radius 1 is 1.10 bits per heavy atom. The fourth-order valence-electron chi connectivity index (χ4n) is 3.02. The molecule has 0 aliphatic rings. The second-order valence-electron chi connectivity index (χ2n) is 6.20. The number of para-hydroxylation sites is 1. The van der Waals surface area contributed by atoms with Crippen LogP contribution in [0.4, 0.5) is 5.69 Å². The standard InChI is InChI=1S/C21H16N4O4/c1-29-14-7-10-18-13(12-14)6-9-19-17(23-24-25(18)19)8-11-20(26)22-16-5-3-2-4-15(16)21(27)28/h2-12H,1H3,(H,22,26)(H,27,28)/b11-8+. The summed E-state index contributed by atoms with van der Waals surface area (Å²) in [7, 11) is 1.61. The van der Waals surface area contributed by atoms with E-state index in [9.17, 15) is 14.7 Å². The van der Waals surface area contributed by atoms with E-state index in [-0.39, 0.29) is 11.3 Å². The lowest BCUT2D eigenvalue weighted by Crippen LogP contribution is -2.11. The van der Waals surface area contributed by atoms with Gasteiger partial charge in [0.1, 0.15) is 11.4 Å². The average Bonchev–Trinajstić information content (AvgIpc) is 3.15. The lowest BCUT2D eigenvalue weighted by Gasteiger charge is -2.05. The number of benzene rings is 2.